The summed E-state index contributed by atoms with van der Waals surface area (Å²) in [4.78, 5) is 12.6. The van der Waals surface area contributed by atoms with Crippen molar-refractivity contribution in [3.63, 3.8) is 0 Å². The van der Waals surface area contributed by atoms with Crippen LogP contribution in [0.5, 0.6) is 0 Å². The third kappa shape index (κ3) is 3.77. The topological polar surface area (TPSA) is 66.5 Å². The lowest BCUT2D eigenvalue weighted by molar-refractivity contribution is -0.119. The first-order valence-corrected chi connectivity index (χ1v) is 10.9. The summed E-state index contributed by atoms with van der Waals surface area (Å²) in [6, 6.07) is 9.72. The fourth-order valence-corrected chi connectivity index (χ4v) is 6.45. The number of carbonyl (C=O) groups is 1. The van der Waals surface area contributed by atoms with E-state index in [2.05, 4.69) is 27.9 Å². The molecule has 1 aromatic carbocycles. The molecule has 0 spiro atoms. The number of hydrogen-bond donors (Lipinski definition) is 1. The molecule has 1 fully saturated rings. The van der Waals surface area contributed by atoms with Crippen molar-refractivity contribution in [2.45, 2.75) is 23.1 Å². The van der Waals surface area contributed by atoms with Crippen LogP contribution in [0.4, 0.5) is 5.69 Å². The predicted molar refractivity (Wildman–Crippen MR) is 104 cm³/mol. The Bertz CT molecular complexity index is 869. The van der Waals surface area contributed by atoms with Gasteiger partial charge in [0.2, 0.25) is 5.91 Å². The van der Waals surface area contributed by atoms with Crippen molar-refractivity contribution in [2.75, 3.05) is 11.9 Å². The molecule has 1 amide bonds. The van der Waals surface area contributed by atoms with Gasteiger partial charge in [0.1, 0.15) is 10.3 Å². The molecule has 24 heavy (non-hydrogen) atoms. The molecule has 9 heteroatoms. The van der Waals surface area contributed by atoms with E-state index in [1.807, 2.05) is 18.2 Å². The molecule has 128 valence electrons. The molecule has 2 aromatic rings. The predicted octanol–water partition coefficient (Wildman–Crippen LogP) is 3.80. The van der Waals surface area contributed by atoms with Gasteiger partial charge in [-0.2, -0.15) is 4.31 Å². The largest absolute Gasteiger partial charge is 0.325 e. The molecule has 1 atom stereocenters. The zero-order valence-electron chi connectivity index (χ0n) is 12.4. The maximum absolute atomic E-state index is 12.8. The average Bonchev–Trinajstić information content (AvgIpc) is 3.16. The number of thiophene rings is 1. The van der Waals surface area contributed by atoms with Crippen molar-refractivity contribution in [1.82, 2.24) is 4.31 Å². The normalized spacial score (nSPS) is 18.7. The Morgan fingerprint density at radius 1 is 1.33 bits per heavy atom. The molecule has 1 aromatic heterocycles. The number of rotatable bonds is 4. The molecule has 1 aliphatic heterocycles. The number of carbonyl (C=O) groups excluding carboxylic acids is 1. The monoisotopic (exact) mass is 496 g/mol. The van der Waals surface area contributed by atoms with E-state index in [9.17, 15) is 13.2 Å². The van der Waals surface area contributed by atoms with Gasteiger partial charge >= 0.3 is 0 Å². The van der Waals surface area contributed by atoms with E-state index in [0.29, 0.717) is 29.4 Å². The van der Waals surface area contributed by atoms with E-state index in [-0.39, 0.29) is 10.1 Å². The van der Waals surface area contributed by atoms with Crippen LogP contribution in [0, 0.1) is 3.57 Å². The van der Waals surface area contributed by atoms with E-state index < -0.39 is 16.1 Å². The SMILES string of the molecule is O=C(Nc1cccc(I)c1)C1CCCN1S(=O)(=O)c1ccc(Cl)s1. The van der Waals surface area contributed by atoms with Crippen molar-refractivity contribution in [1.29, 1.82) is 0 Å². The number of anilines is 1. The van der Waals surface area contributed by atoms with Crippen LogP contribution < -0.4 is 5.32 Å². The van der Waals surface area contributed by atoms with Crippen LogP contribution in [0.25, 0.3) is 0 Å². The van der Waals surface area contributed by atoms with Crippen LogP contribution in [0.2, 0.25) is 4.34 Å². The van der Waals surface area contributed by atoms with Crippen LogP contribution in [0.3, 0.4) is 0 Å². The number of benzene rings is 1. The molecule has 0 bridgehead atoms. The summed E-state index contributed by atoms with van der Waals surface area (Å²) >= 11 is 9.01. The summed E-state index contributed by atoms with van der Waals surface area (Å²) in [5.74, 6) is -0.305. The lowest BCUT2D eigenvalue weighted by atomic mass is 10.2. The van der Waals surface area contributed by atoms with Crippen LogP contribution in [-0.2, 0) is 14.8 Å². The van der Waals surface area contributed by atoms with Crippen molar-refractivity contribution in [3.05, 3.63) is 44.3 Å². The zero-order valence-corrected chi connectivity index (χ0v) is 17.0. The lowest BCUT2D eigenvalue weighted by Crippen LogP contribution is -2.42. The molecule has 2 heterocycles. The second-order valence-corrected chi connectivity index (χ2v) is 10.4. The van der Waals surface area contributed by atoms with Gasteiger partial charge in [-0.25, -0.2) is 8.42 Å². The average molecular weight is 497 g/mol. The first kappa shape index (κ1) is 18.1. The Balaban J connectivity index is 1.81. The van der Waals surface area contributed by atoms with Crippen LogP contribution in [0.15, 0.2) is 40.6 Å². The third-order valence-electron chi connectivity index (χ3n) is 3.71. The highest BCUT2D eigenvalue weighted by Crippen LogP contribution is 2.32. The molecular formula is C15H14ClIN2O3S2. The Morgan fingerprint density at radius 2 is 2.12 bits per heavy atom. The maximum Gasteiger partial charge on any atom is 0.253 e. The number of amides is 1. The fourth-order valence-electron chi connectivity index (χ4n) is 2.63. The van der Waals surface area contributed by atoms with Crippen molar-refractivity contribution >= 4 is 67.1 Å². The highest BCUT2D eigenvalue weighted by Gasteiger charge is 2.40. The number of nitrogens with zero attached hydrogens (tertiary/aromatic N) is 1. The maximum atomic E-state index is 12.8. The van der Waals surface area contributed by atoms with Gasteiger partial charge in [-0.1, -0.05) is 17.7 Å². The molecular weight excluding hydrogens is 483 g/mol. The van der Waals surface area contributed by atoms with Gasteiger partial charge < -0.3 is 5.32 Å². The van der Waals surface area contributed by atoms with E-state index in [1.165, 1.54) is 10.4 Å². The van der Waals surface area contributed by atoms with Gasteiger partial charge in [0.25, 0.3) is 10.0 Å². The zero-order chi connectivity index (χ0) is 17.3. The Morgan fingerprint density at radius 3 is 2.79 bits per heavy atom. The van der Waals surface area contributed by atoms with E-state index in [4.69, 9.17) is 11.6 Å². The smallest absolute Gasteiger partial charge is 0.253 e. The summed E-state index contributed by atoms with van der Waals surface area (Å²) in [5.41, 5.74) is 0.662. The van der Waals surface area contributed by atoms with Gasteiger partial charge in [-0.15, -0.1) is 11.3 Å². The van der Waals surface area contributed by atoms with Gasteiger partial charge in [-0.05, 0) is 65.8 Å². The first-order valence-electron chi connectivity index (χ1n) is 7.21. The fraction of sp³-hybridized carbons (Fsp3) is 0.267. The molecule has 1 N–H and O–H groups in total. The molecule has 0 saturated carbocycles. The van der Waals surface area contributed by atoms with Crippen molar-refractivity contribution in [3.8, 4) is 0 Å². The Labute approximate surface area is 163 Å². The molecule has 1 unspecified atom stereocenters. The Hall–Kier alpha value is -0.680. The van der Waals surface area contributed by atoms with Gasteiger partial charge in [0.15, 0.2) is 0 Å². The second-order valence-electron chi connectivity index (χ2n) is 5.33. The van der Waals surface area contributed by atoms with Gasteiger partial charge in [0.05, 0.1) is 4.34 Å². The minimum atomic E-state index is -3.71. The summed E-state index contributed by atoms with van der Waals surface area (Å²) < 4.78 is 28.4. The quantitative estimate of drug-likeness (QED) is 0.655. The lowest BCUT2D eigenvalue weighted by Gasteiger charge is -2.22. The standard InChI is InChI=1S/C15H14ClIN2O3S2/c16-13-6-7-14(23-13)24(21,22)19-8-2-5-12(19)15(20)18-11-4-1-3-10(17)9-11/h1,3-4,6-7,9,12H,2,5,8H2,(H,18,20). The Kier molecular flexibility index (Phi) is 5.50. The van der Waals surface area contributed by atoms with Crippen molar-refractivity contribution in [2.24, 2.45) is 0 Å². The molecule has 0 aliphatic carbocycles. The molecule has 1 saturated heterocycles. The van der Waals surface area contributed by atoms with E-state index in [0.717, 1.165) is 14.9 Å². The third-order valence-corrected chi connectivity index (χ3v) is 7.99. The summed E-state index contributed by atoms with van der Waals surface area (Å²) in [6.45, 7) is 0.336. The highest BCUT2D eigenvalue weighted by molar-refractivity contribution is 14.1. The van der Waals surface area contributed by atoms with Gasteiger partial charge in [0, 0.05) is 15.8 Å². The van der Waals surface area contributed by atoms with E-state index >= 15 is 0 Å². The van der Waals surface area contributed by atoms with Crippen molar-refractivity contribution < 1.29 is 13.2 Å². The van der Waals surface area contributed by atoms with Gasteiger partial charge in [-0.3, -0.25) is 4.79 Å². The summed E-state index contributed by atoms with van der Waals surface area (Å²) in [6.07, 6.45) is 1.16. The summed E-state index contributed by atoms with van der Waals surface area (Å²) in [5, 5.41) is 2.81. The molecule has 3 rings (SSSR count). The number of halogens is 2. The molecule has 0 radical (unpaired) electrons. The molecule has 1 aliphatic rings. The second kappa shape index (κ2) is 7.28. The van der Waals surface area contributed by atoms with E-state index in [1.54, 1.807) is 12.1 Å². The van der Waals surface area contributed by atoms with Crippen LogP contribution in [0.1, 0.15) is 12.8 Å². The molecule has 5 nitrogen and oxygen atoms in total. The first-order chi connectivity index (χ1) is 11.4. The minimum Gasteiger partial charge on any atom is -0.325 e. The number of sulfonamides is 1. The number of nitrogens with one attached hydrogen (secondary N) is 1. The van der Waals surface area contributed by atoms with Crippen LogP contribution in [-0.4, -0.2) is 31.2 Å². The minimum absolute atomic E-state index is 0.168. The highest BCUT2D eigenvalue weighted by atomic mass is 127. The summed E-state index contributed by atoms with van der Waals surface area (Å²) in [7, 11) is -3.71. The van der Waals surface area contributed by atoms with Crippen LogP contribution >= 0.6 is 45.5 Å². The number of hydrogen-bond acceptors (Lipinski definition) is 4.